The number of nitrogens with one attached hydrogen (secondary N) is 1. The molecule has 4 nitrogen and oxygen atoms in total. The second-order valence-corrected chi connectivity index (χ2v) is 3.77. The molecule has 0 aromatic carbocycles. The summed E-state index contributed by atoms with van der Waals surface area (Å²) in [7, 11) is 6.00. The second kappa shape index (κ2) is 7.76. The molecule has 0 bridgehead atoms. The van der Waals surface area contributed by atoms with E-state index in [9.17, 15) is 4.79 Å². The Bertz CT molecular complexity index is 159. The van der Waals surface area contributed by atoms with Crippen molar-refractivity contribution in [1.82, 2.24) is 15.1 Å². The number of carbonyl (C=O) groups excluding carboxylic acids is 1. The summed E-state index contributed by atoms with van der Waals surface area (Å²) in [6.45, 7) is 5.19. The molecule has 4 heteroatoms. The Kier molecular flexibility index (Phi) is 7.42. The van der Waals surface area contributed by atoms with Crippen molar-refractivity contribution in [1.29, 1.82) is 0 Å². The fourth-order valence-corrected chi connectivity index (χ4v) is 1.25. The zero-order valence-electron chi connectivity index (χ0n) is 9.84. The molecule has 0 saturated carbocycles. The van der Waals surface area contributed by atoms with Crippen molar-refractivity contribution in [3.8, 4) is 0 Å². The fourth-order valence-electron chi connectivity index (χ4n) is 1.25. The highest BCUT2D eigenvalue weighted by Gasteiger charge is 2.06. The molecule has 1 amide bonds. The van der Waals surface area contributed by atoms with E-state index in [0.717, 1.165) is 32.6 Å². The van der Waals surface area contributed by atoms with Gasteiger partial charge in [-0.1, -0.05) is 0 Å². The van der Waals surface area contributed by atoms with E-state index in [4.69, 9.17) is 0 Å². The van der Waals surface area contributed by atoms with Gasteiger partial charge in [0.25, 0.3) is 0 Å². The van der Waals surface area contributed by atoms with Gasteiger partial charge in [-0.15, -0.1) is 0 Å². The maximum atomic E-state index is 11.2. The summed E-state index contributed by atoms with van der Waals surface area (Å²) in [6, 6.07) is 0. The molecule has 0 aromatic rings. The normalized spacial score (nSPS) is 10.6. The van der Waals surface area contributed by atoms with Crippen LogP contribution < -0.4 is 5.32 Å². The van der Waals surface area contributed by atoms with Crippen LogP contribution in [0.3, 0.4) is 0 Å². The highest BCUT2D eigenvalue weighted by molar-refractivity contribution is 5.73. The summed E-state index contributed by atoms with van der Waals surface area (Å²) >= 11 is 0. The lowest BCUT2D eigenvalue weighted by Gasteiger charge is -2.21. The van der Waals surface area contributed by atoms with Crippen LogP contribution in [0.25, 0.3) is 0 Å². The van der Waals surface area contributed by atoms with Crippen LogP contribution in [0.15, 0.2) is 0 Å². The Morgan fingerprint density at radius 1 is 1.21 bits per heavy atom. The molecule has 0 aromatic heterocycles. The SMILES string of the molecule is CNCCN(CCCN(C)C)C(C)=O. The van der Waals surface area contributed by atoms with Gasteiger partial charge in [0.15, 0.2) is 0 Å². The van der Waals surface area contributed by atoms with Crippen molar-refractivity contribution >= 4 is 5.91 Å². The molecular weight excluding hydrogens is 178 g/mol. The first-order valence-corrected chi connectivity index (χ1v) is 5.12. The summed E-state index contributed by atoms with van der Waals surface area (Å²) in [4.78, 5) is 15.2. The predicted molar refractivity (Wildman–Crippen MR) is 59.4 cm³/mol. The first-order chi connectivity index (χ1) is 6.57. The quantitative estimate of drug-likeness (QED) is 0.630. The van der Waals surface area contributed by atoms with Gasteiger partial charge in [-0.25, -0.2) is 0 Å². The number of nitrogens with zero attached hydrogens (tertiary/aromatic N) is 2. The van der Waals surface area contributed by atoms with E-state index in [0.29, 0.717) is 0 Å². The third-order valence-electron chi connectivity index (χ3n) is 2.11. The zero-order valence-corrected chi connectivity index (χ0v) is 9.84. The smallest absolute Gasteiger partial charge is 0.219 e. The molecule has 0 rings (SSSR count). The van der Waals surface area contributed by atoms with Crippen molar-refractivity contribution in [3.05, 3.63) is 0 Å². The molecule has 0 aliphatic heterocycles. The van der Waals surface area contributed by atoms with Gasteiger partial charge >= 0.3 is 0 Å². The molecule has 0 spiro atoms. The van der Waals surface area contributed by atoms with Gasteiger partial charge in [-0.2, -0.15) is 0 Å². The van der Waals surface area contributed by atoms with E-state index < -0.39 is 0 Å². The van der Waals surface area contributed by atoms with Crippen LogP contribution in [0.1, 0.15) is 13.3 Å². The number of rotatable bonds is 7. The van der Waals surface area contributed by atoms with Crippen molar-refractivity contribution in [2.24, 2.45) is 0 Å². The summed E-state index contributed by atoms with van der Waals surface area (Å²) in [5.74, 6) is 0.166. The topological polar surface area (TPSA) is 35.6 Å². The van der Waals surface area contributed by atoms with E-state index in [2.05, 4.69) is 10.2 Å². The maximum absolute atomic E-state index is 11.2. The van der Waals surface area contributed by atoms with Crippen LogP contribution in [0.5, 0.6) is 0 Å². The summed E-state index contributed by atoms with van der Waals surface area (Å²) in [6.07, 6.45) is 1.04. The minimum absolute atomic E-state index is 0.166. The lowest BCUT2D eigenvalue weighted by atomic mass is 10.3. The predicted octanol–water partition coefficient (Wildman–Crippen LogP) is 0.00600. The Hall–Kier alpha value is -0.610. The highest BCUT2D eigenvalue weighted by Crippen LogP contribution is 1.93. The minimum Gasteiger partial charge on any atom is -0.342 e. The van der Waals surface area contributed by atoms with E-state index >= 15 is 0 Å². The lowest BCUT2D eigenvalue weighted by molar-refractivity contribution is -0.128. The van der Waals surface area contributed by atoms with E-state index in [1.54, 1.807) is 6.92 Å². The standard InChI is InChI=1S/C10H23N3O/c1-10(14)13(9-6-11-2)8-5-7-12(3)4/h11H,5-9H2,1-4H3. The van der Waals surface area contributed by atoms with Gasteiger partial charge in [0.1, 0.15) is 0 Å². The maximum Gasteiger partial charge on any atom is 0.219 e. The van der Waals surface area contributed by atoms with Crippen LogP contribution >= 0.6 is 0 Å². The van der Waals surface area contributed by atoms with E-state index in [1.807, 2.05) is 26.0 Å². The second-order valence-electron chi connectivity index (χ2n) is 3.77. The van der Waals surface area contributed by atoms with Gasteiger partial charge in [0, 0.05) is 26.6 Å². The summed E-state index contributed by atoms with van der Waals surface area (Å²) in [5.41, 5.74) is 0. The highest BCUT2D eigenvalue weighted by atomic mass is 16.2. The number of amides is 1. The minimum atomic E-state index is 0.166. The van der Waals surface area contributed by atoms with Gasteiger partial charge in [0.05, 0.1) is 0 Å². The van der Waals surface area contributed by atoms with Gasteiger partial charge < -0.3 is 15.1 Å². The van der Waals surface area contributed by atoms with Crippen LogP contribution in [-0.4, -0.2) is 63.0 Å². The van der Waals surface area contributed by atoms with Crippen LogP contribution in [0.4, 0.5) is 0 Å². The Labute approximate surface area is 87.3 Å². The summed E-state index contributed by atoms with van der Waals surface area (Å²) in [5, 5.41) is 3.05. The van der Waals surface area contributed by atoms with Crippen molar-refractivity contribution in [3.63, 3.8) is 0 Å². The molecule has 0 radical (unpaired) electrons. The molecule has 0 heterocycles. The van der Waals surface area contributed by atoms with E-state index in [-0.39, 0.29) is 5.91 Å². The molecule has 1 N–H and O–H groups in total. The fraction of sp³-hybridized carbons (Fsp3) is 0.900. The van der Waals surface area contributed by atoms with Crippen LogP contribution in [-0.2, 0) is 4.79 Å². The van der Waals surface area contributed by atoms with Crippen molar-refractivity contribution < 1.29 is 4.79 Å². The molecule has 14 heavy (non-hydrogen) atoms. The Balaban J connectivity index is 3.68. The third-order valence-corrected chi connectivity index (χ3v) is 2.11. The molecule has 0 atom stereocenters. The molecule has 0 fully saturated rings. The average Bonchev–Trinajstić information content (AvgIpc) is 2.09. The lowest BCUT2D eigenvalue weighted by Crippen LogP contribution is -2.36. The van der Waals surface area contributed by atoms with Crippen molar-refractivity contribution in [2.45, 2.75) is 13.3 Å². The Morgan fingerprint density at radius 3 is 2.29 bits per heavy atom. The molecular formula is C10H23N3O. The van der Waals surface area contributed by atoms with Crippen molar-refractivity contribution in [2.75, 3.05) is 47.3 Å². The number of carbonyl (C=O) groups is 1. The first-order valence-electron chi connectivity index (χ1n) is 5.12. The molecule has 0 unspecified atom stereocenters. The number of hydrogen-bond donors (Lipinski definition) is 1. The van der Waals surface area contributed by atoms with Gasteiger partial charge in [-0.3, -0.25) is 4.79 Å². The molecule has 0 saturated heterocycles. The molecule has 0 aliphatic rings. The zero-order chi connectivity index (χ0) is 11.0. The number of hydrogen-bond acceptors (Lipinski definition) is 3. The third kappa shape index (κ3) is 6.86. The van der Waals surface area contributed by atoms with E-state index in [1.165, 1.54) is 0 Å². The van der Waals surface area contributed by atoms with Gasteiger partial charge in [0.2, 0.25) is 5.91 Å². The Morgan fingerprint density at radius 2 is 1.86 bits per heavy atom. The van der Waals surface area contributed by atoms with Crippen LogP contribution in [0.2, 0.25) is 0 Å². The summed E-state index contributed by atoms with van der Waals surface area (Å²) < 4.78 is 0. The average molecular weight is 201 g/mol. The molecule has 0 aliphatic carbocycles. The molecule has 84 valence electrons. The first kappa shape index (κ1) is 13.4. The monoisotopic (exact) mass is 201 g/mol. The number of likely N-dealkylation sites (N-methyl/N-ethyl adjacent to an activating group) is 1. The van der Waals surface area contributed by atoms with Crippen LogP contribution in [0, 0.1) is 0 Å². The largest absolute Gasteiger partial charge is 0.342 e. The van der Waals surface area contributed by atoms with Gasteiger partial charge in [-0.05, 0) is 34.1 Å².